The average molecular weight is 431 g/mol. The first-order valence-electron chi connectivity index (χ1n) is 11.6. The van der Waals surface area contributed by atoms with E-state index >= 15 is 0 Å². The topological polar surface area (TPSA) is 66.4 Å². The van der Waals surface area contributed by atoms with Crippen LogP contribution in [0.2, 0.25) is 0 Å². The van der Waals surface area contributed by atoms with Crippen LogP contribution in [0.1, 0.15) is 37.7 Å². The van der Waals surface area contributed by atoms with E-state index in [9.17, 15) is 4.79 Å². The molecule has 0 aromatic heterocycles. The molecule has 1 unspecified atom stereocenters. The number of carbonyl (C=O) groups excluding carboxylic acids is 1. The van der Waals surface area contributed by atoms with E-state index in [4.69, 9.17) is 9.47 Å². The van der Waals surface area contributed by atoms with Gasteiger partial charge < -0.3 is 24.6 Å². The number of amides is 1. The highest BCUT2D eigenvalue weighted by Gasteiger charge is 2.24. The summed E-state index contributed by atoms with van der Waals surface area (Å²) in [6.07, 6.45) is 6.92. The Morgan fingerprint density at radius 1 is 1.19 bits per heavy atom. The number of aliphatic imine (C=N–C) groups is 1. The van der Waals surface area contributed by atoms with Crippen LogP contribution in [0.4, 0.5) is 0 Å². The minimum Gasteiger partial charge on any atom is -0.376 e. The number of nitrogens with one attached hydrogen (secondary N) is 1. The molecular weight excluding hydrogens is 392 g/mol. The first-order chi connectivity index (χ1) is 15.1. The number of benzene rings is 1. The largest absolute Gasteiger partial charge is 0.376 e. The summed E-state index contributed by atoms with van der Waals surface area (Å²) >= 11 is 0. The molecule has 0 radical (unpaired) electrons. The van der Waals surface area contributed by atoms with Crippen molar-refractivity contribution in [3.8, 4) is 0 Å². The molecule has 31 heavy (non-hydrogen) atoms. The van der Waals surface area contributed by atoms with Gasteiger partial charge in [-0.25, -0.2) is 4.99 Å². The number of hydrogen-bond acceptors (Lipinski definition) is 4. The smallest absolute Gasteiger partial charge is 0.243 e. The maximum atomic E-state index is 12.1. The monoisotopic (exact) mass is 430 g/mol. The molecule has 0 spiro atoms. The molecule has 1 amide bonds. The van der Waals surface area contributed by atoms with Crippen LogP contribution in [0.15, 0.2) is 35.3 Å². The zero-order valence-electron chi connectivity index (χ0n) is 19.1. The van der Waals surface area contributed by atoms with Gasteiger partial charge in [-0.3, -0.25) is 4.79 Å². The van der Waals surface area contributed by atoms with Crippen molar-refractivity contribution in [3.05, 3.63) is 35.9 Å². The number of ether oxygens (including phenoxy) is 2. The molecule has 172 valence electrons. The molecule has 2 heterocycles. The summed E-state index contributed by atoms with van der Waals surface area (Å²) in [4.78, 5) is 20.5. The van der Waals surface area contributed by atoms with E-state index in [0.29, 0.717) is 6.61 Å². The number of piperidine rings is 1. The van der Waals surface area contributed by atoms with Gasteiger partial charge in [-0.2, -0.15) is 0 Å². The Balaban J connectivity index is 1.48. The predicted octanol–water partition coefficient (Wildman–Crippen LogP) is 2.31. The van der Waals surface area contributed by atoms with E-state index in [1.165, 1.54) is 18.4 Å². The summed E-state index contributed by atoms with van der Waals surface area (Å²) in [6.45, 7) is 4.28. The fraction of sp³-hybridized carbons (Fsp3) is 0.667. The van der Waals surface area contributed by atoms with E-state index in [1.54, 1.807) is 19.0 Å². The minimum atomic E-state index is 0.00746. The van der Waals surface area contributed by atoms with Crippen LogP contribution < -0.4 is 5.32 Å². The van der Waals surface area contributed by atoms with Gasteiger partial charge in [0.25, 0.3) is 0 Å². The third kappa shape index (κ3) is 8.15. The standard InChI is InChI=1S/C24H38N4O3/c1-27(2)23(29)18-26-24(25-14-11-20-8-4-3-5-9-20)28-15-12-21(13-16-28)31-19-22-10-6-7-17-30-22/h3-5,8-9,21-22H,6-7,10-19H2,1-2H3,(H,25,26). The van der Waals surface area contributed by atoms with Gasteiger partial charge in [0.05, 0.1) is 18.8 Å². The molecule has 1 N–H and O–H groups in total. The quantitative estimate of drug-likeness (QED) is 0.506. The Morgan fingerprint density at radius 3 is 2.65 bits per heavy atom. The highest BCUT2D eigenvalue weighted by Crippen LogP contribution is 2.18. The van der Waals surface area contributed by atoms with Gasteiger partial charge in [0.2, 0.25) is 5.91 Å². The number of likely N-dealkylation sites (tertiary alicyclic amines) is 1. The minimum absolute atomic E-state index is 0.00746. The van der Waals surface area contributed by atoms with Crippen molar-refractivity contribution in [2.24, 2.45) is 4.99 Å². The fourth-order valence-electron chi connectivity index (χ4n) is 3.93. The molecular formula is C24H38N4O3. The van der Waals surface area contributed by atoms with Crippen LogP contribution in [-0.4, -0.2) is 87.4 Å². The first kappa shape index (κ1) is 23.5. The van der Waals surface area contributed by atoms with Crippen molar-refractivity contribution in [2.45, 2.75) is 50.7 Å². The SMILES string of the molecule is CN(C)C(=O)CN=C(NCCc1ccccc1)N1CCC(OCC2CCCCO2)CC1. The first-order valence-corrected chi connectivity index (χ1v) is 11.6. The molecule has 0 aliphatic carbocycles. The molecule has 1 aromatic carbocycles. The lowest BCUT2D eigenvalue weighted by Gasteiger charge is -2.35. The zero-order chi connectivity index (χ0) is 21.9. The lowest BCUT2D eigenvalue weighted by atomic mass is 10.1. The summed E-state index contributed by atoms with van der Waals surface area (Å²) in [5.41, 5.74) is 1.29. The fourth-order valence-corrected chi connectivity index (χ4v) is 3.93. The van der Waals surface area contributed by atoms with Gasteiger partial charge in [-0.1, -0.05) is 30.3 Å². The van der Waals surface area contributed by atoms with Crippen LogP contribution in [0.25, 0.3) is 0 Å². The third-order valence-electron chi connectivity index (χ3n) is 5.94. The predicted molar refractivity (Wildman–Crippen MR) is 123 cm³/mol. The van der Waals surface area contributed by atoms with Gasteiger partial charge in [0, 0.05) is 40.3 Å². The highest BCUT2D eigenvalue weighted by molar-refractivity contribution is 5.84. The van der Waals surface area contributed by atoms with Crippen molar-refractivity contribution < 1.29 is 14.3 Å². The maximum Gasteiger partial charge on any atom is 0.243 e. The van der Waals surface area contributed by atoms with Gasteiger partial charge in [-0.15, -0.1) is 0 Å². The molecule has 7 nitrogen and oxygen atoms in total. The third-order valence-corrected chi connectivity index (χ3v) is 5.94. The van der Waals surface area contributed by atoms with Crippen LogP contribution in [0, 0.1) is 0 Å². The Bertz CT molecular complexity index is 681. The second kappa shape index (κ2) is 12.7. The highest BCUT2D eigenvalue weighted by atomic mass is 16.5. The zero-order valence-corrected chi connectivity index (χ0v) is 19.1. The summed E-state index contributed by atoms with van der Waals surface area (Å²) in [5.74, 6) is 0.827. The van der Waals surface area contributed by atoms with E-state index < -0.39 is 0 Å². The lowest BCUT2D eigenvalue weighted by molar-refractivity contribution is -0.127. The molecule has 2 fully saturated rings. The van der Waals surface area contributed by atoms with Crippen LogP contribution in [-0.2, 0) is 20.7 Å². The number of rotatable bonds is 8. The lowest BCUT2D eigenvalue weighted by Crippen LogP contribution is -2.48. The van der Waals surface area contributed by atoms with Gasteiger partial charge >= 0.3 is 0 Å². The second-order valence-corrected chi connectivity index (χ2v) is 8.60. The number of nitrogens with zero attached hydrogens (tertiary/aromatic N) is 3. The van der Waals surface area contributed by atoms with Crippen LogP contribution in [0.3, 0.4) is 0 Å². The summed E-state index contributed by atoms with van der Waals surface area (Å²) in [7, 11) is 3.53. The molecule has 2 saturated heterocycles. The number of hydrogen-bond donors (Lipinski definition) is 1. The van der Waals surface area contributed by atoms with Crippen molar-refractivity contribution >= 4 is 11.9 Å². The van der Waals surface area contributed by atoms with Crippen LogP contribution >= 0.6 is 0 Å². The molecule has 1 aromatic rings. The van der Waals surface area contributed by atoms with Gasteiger partial charge in [0.15, 0.2) is 5.96 Å². The van der Waals surface area contributed by atoms with Crippen LogP contribution in [0.5, 0.6) is 0 Å². The Hall–Kier alpha value is -2.12. The Labute approximate surface area is 186 Å². The van der Waals surface area contributed by atoms with Crippen molar-refractivity contribution in [1.82, 2.24) is 15.1 Å². The average Bonchev–Trinajstić information content (AvgIpc) is 2.81. The molecule has 1 atom stereocenters. The number of likely N-dealkylation sites (N-methyl/N-ethyl adjacent to an activating group) is 1. The van der Waals surface area contributed by atoms with Crippen molar-refractivity contribution in [3.63, 3.8) is 0 Å². The van der Waals surface area contributed by atoms with E-state index in [-0.39, 0.29) is 24.7 Å². The molecule has 0 bridgehead atoms. The molecule has 3 rings (SSSR count). The van der Waals surface area contributed by atoms with Crippen molar-refractivity contribution in [1.29, 1.82) is 0 Å². The Morgan fingerprint density at radius 2 is 1.97 bits per heavy atom. The van der Waals surface area contributed by atoms with E-state index in [0.717, 1.165) is 57.9 Å². The van der Waals surface area contributed by atoms with Crippen molar-refractivity contribution in [2.75, 3.05) is 53.5 Å². The molecule has 2 aliphatic rings. The number of carbonyl (C=O) groups is 1. The van der Waals surface area contributed by atoms with E-state index in [1.807, 2.05) is 6.07 Å². The molecule has 7 heteroatoms. The summed E-state index contributed by atoms with van der Waals surface area (Å²) in [6, 6.07) is 10.4. The second-order valence-electron chi connectivity index (χ2n) is 8.60. The summed E-state index contributed by atoms with van der Waals surface area (Å²) < 4.78 is 11.9. The summed E-state index contributed by atoms with van der Waals surface area (Å²) in [5, 5.41) is 3.48. The number of guanidine groups is 1. The van der Waals surface area contributed by atoms with Gasteiger partial charge in [0.1, 0.15) is 6.54 Å². The normalized spacial score (nSPS) is 20.5. The Kier molecular flexibility index (Phi) is 9.62. The van der Waals surface area contributed by atoms with Gasteiger partial charge in [-0.05, 0) is 44.1 Å². The molecule has 0 saturated carbocycles. The van der Waals surface area contributed by atoms with E-state index in [2.05, 4.69) is 39.5 Å². The maximum absolute atomic E-state index is 12.1. The molecule has 2 aliphatic heterocycles.